The monoisotopic (exact) mass is 423 g/mol. The minimum absolute atomic E-state index is 0.0914. The van der Waals surface area contributed by atoms with E-state index >= 15 is 0 Å². The maximum atomic E-state index is 12.6. The van der Waals surface area contributed by atoms with Crippen LogP contribution < -0.4 is 15.0 Å². The summed E-state index contributed by atoms with van der Waals surface area (Å²) in [6.45, 7) is 3.00. The molecule has 1 aliphatic heterocycles. The van der Waals surface area contributed by atoms with Crippen LogP contribution in [0.1, 0.15) is 30.1 Å². The molecule has 1 saturated heterocycles. The first kappa shape index (κ1) is 20.2. The van der Waals surface area contributed by atoms with Gasteiger partial charge in [-0.3, -0.25) is 14.6 Å². The first-order valence-electron chi connectivity index (χ1n) is 9.88. The summed E-state index contributed by atoms with van der Waals surface area (Å²) in [6, 6.07) is 14.5. The van der Waals surface area contributed by atoms with Gasteiger partial charge in [0.25, 0.3) is 5.91 Å². The van der Waals surface area contributed by atoms with Crippen molar-refractivity contribution in [2.45, 2.75) is 25.8 Å². The standard InChI is InChI=1S/C23H22ClN3O3/c1-15(28)30-19-4-2-3-16(13-19)23(29)26-18-8-11-27(12-9-18)22-7-10-25-21-14-17(24)5-6-20(21)22/h2-7,10,13-14,18H,8-9,11-12H2,1H3,(H,26,29). The maximum absolute atomic E-state index is 12.6. The number of halogens is 1. The quantitative estimate of drug-likeness (QED) is 0.502. The van der Waals surface area contributed by atoms with E-state index in [0.29, 0.717) is 16.3 Å². The van der Waals surface area contributed by atoms with Crippen molar-refractivity contribution in [3.63, 3.8) is 0 Å². The molecule has 0 aliphatic carbocycles. The van der Waals surface area contributed by atoms with Gasteiger partial charge in [0.05, 0.1) is 5.52 Å². The molecule has 0 atom stereocenters. The topological polar surface area (TPSA) is 71.5 Å². The molecule has 0 unspecified atom stereocenters. The van der Waals surface area contributed by atoms with Crippen LogP contribution in [0.25, 0.3) is 10.9 Å². The molecular formula is C23H22ClN3O3. The Morgan fingerprint density at radius 1 is 1.13 bits per heavy atom. The van der Waals surface area contributed by atoms with Crippen molar-refractivity contribution in [1.29, 1.82) is 0 Å². The number of nitrogens with zero attached hydrogens (tertiary/aromatic N) is 2. The number of rotatable bonds is 4. The fourth-order valence-electron chi connectivity index (χ4n) is 3.78. The summed E-state index contributed by atoms with van der Waals surface area (Å²) < 4.78 is 5.06. The van der Waals surface area contributed by atoms with Crippen LogP contribution in [-0.4, -0.2) is 36.0 Å². The average Bonchev–Trinajstić information content (AvgIpc) is 2.73. The molecule has 4 rings (SSSR count). The van der Waals surface area contributed by atoms with Crippen molar-refractivity contribution in [3.8, 4) is 5.75 Å². The predicted octanol–water partition coefficient (Wildman–Crippen LogP) is 4.21. The van der Waals surface area contributed by atoms with Gasteiger partial charge in [-0.25, -0.2) is 0 Å². The summed E-state index contributed by atoms with van der Waals surface area (Å²) in [6.07, 6.45) is 3.48. The SMILES string of the molecule is CC(=O)Oc1cccc(C(=O)NC2CCN(c3ccnc4cc(Cl)ccc34)CC2)c1. The number of pyridine rings is 1. The van der Waals surface area contributed by atoms with Gasteiger partial charge in [-0.15, -0.1) is 0 Å². The number of benzene rings is 2. The molecule has 6 nitrogen and oxygen atoms in total. The Balaban J connectivity index is 1.40. The summed E-state index contributed by atoms with van der Waals surface area (Å²) in [5, 5.41) is 4.84. The number of fused-ring (bicyclic) bond motifs is 1. The summed E-state index contributed by atoms with van der Waals surface area (Å²) in [5.41, 5.74) is 2.49. The lowest BCUT2D eigenvalue weighted by molar-refractivity contribution is -0.131. The number of hydrogen-bond acceptors (Lipinski definition) is 5. The Kier molecular flexibility index (Phi) is 5.86. The van der Waals surface area contributed by atoms with E-state index < -0.39 is 5.97 Å². The van der Waals surface area contributed by atoms with E-state index in [1.54, 1.807) is 30.5 Å². The van der Waals surface area contributed by atoms with Crippen molar-refractivity contribution in [3.05, 3.63) is 65.3 Å². The van der Waals surface area contributed by atoms with Crippen LogP contribution in [0.2, 0.25) is 5.02 Å². The smallest absolute Gasteiger partial charge is 0.308 e. The normalized spacial score (nSPS) is 14.5. The molecule has 1 aliphatic rings. The number of carbonyl (C=O) groups excluding carboxylic acids is 2. The van der Waals surface area contributed by atoms with Gasteiger partial charge in [-0.05, 0) is 55.3 Å². The van der Waals surface area contributed by atoms with Gasteiger partial charge in [-0.1, -0.05) is 17.7 Å². The zero-order valence-electron chi connectivity index (χ0n) is 16.6. The molecule has 0 radical (unpaired) electrons. The van der Waals surface area contributed by atoms with E-state index in [4.69, 9.17) is 16.3 Å². The number of anilines is 1. The molecule has 7 heteroatoms. The van der Waals surface area contributed by atoms with Crippen molar-refractivity contribution >= 4 is 40.1 Å². The number of carbonyl (C=O) groups is 2. The Morgan fingerprint density at radius 2 is 1.93 bits per heavy atom. The minimum atomic E-state index is -0.411. The van der Waals surface area contributed by atoms with Gasteiger partial charge < -0.3 is 15.0 Å². The van der Waals surface area contributed by atoms with Gasteiger partial charge in [0.1, 0.15) is 5.75 Å². The number of amides is 1. The molecule has 2 aromatic carbocycles. The van der Waals surface area contributed by atoms with Crippen molar-refractivity contribution < 1.29 is 14.3 Å². The third kappa shape index (κ3) is 4.54. The van der Waals surface area contributed by atoms with E-state index in [1.807, 2.05) is 24.3 Å². The summed E-state index contributed by atoms with van der Waals surface area (Å²) in [7, 11) is 0. The van der Waals surface area contributed by atoms with Crippen LogP contribution in [0.15, 0.2) is 54.7 Å². The summed E-state index contributed by atoms with van der Waals surface area (Å²) in [5.74, 6) is -0.202. The largest absolute Gasteiger partial charge is 0.427 e. The van der Waals surface area contributed by atoms with Gasteiger partial charge in [0.2, 0.25) is 0 Å². The Bertz CT molecular complexity index is 1090. The number of aromatic nitrogens is 1. The second kappa shape index (κ2) is 8.71. The fraction of sp³-hybridized carbons (Fsp3) is 0.261. The van der Waals surface area contributed by atoms with E-state index in [0.717, 1.165) is 42.5 Å². The second-order valence-electron chi connectivity index (χ2n) is 7.35. The van der Waals surface area contributed by atoms with E-state index in [9.17, 15) is 9.59 Å². The number of nitrogens with one attached hydrogen (secondary N) is 1. The van der Waals surface area contributed by atoms with Gasteiger partial charge in [0, 0.05) is 53.9 Å². The molecule has 1 amide bonds. The number of piperidine rings is 1. The van der Waals surface area contributed by atoms with Gasteiger partial charge >= 0.3 is 5.97 Å². The lowest BCUT2D eigenvalue weighted by Crippen LogP contribution is -2.44. The number of esters is 1. The predicted molar refractivity (Wildman–Crippen MR) is 117 cm³/mol. The van der Waals surface area contributed by atoms with Gasteiger partial charge in [-0.2, -0.15) is 0 Å². The third-order valence-electron chi connectivity index (χ3n) is 5.21. The van der Waals surface area contributed by atoms with E-state index in [1.165, 1.54) is 6.92 Å². The lowest BCUT2D eigenvalue weighted by atomic mass is 10.0. The van der Waals surface area contributed by atoms with Crippen LogP contribution in [-0.2, 0) is 4.79 Å². The van der Waals surface area contributed by atoms with Crippen LogP contribution in [0.5, 0.6) is 5.75 Å². The lowest BCUT2D eigenvalue weighted by Gasteiger charge is -2.34. The molecule has 0 spiro atoms. The zero-order valence-corrected chi connectivity index (χ0v) is 17.4. The first-order chi connectivity index (χ1) is 14.5. The Labute approximate surface area is 179 Å². The number of ether oxygens (including phenoxy) is 1. The van der Waals surface area contributed by atoms with Crippen molar-refractivity contribution in [2.24, 2.45) is 0 Å². The third-order valence-corrected chi connectivity index (χ3v) is 5.45. The highest BCUT2D eigenvalue weighted by Crippen LogP contribution is 2.29. The second-order valence-corrected chi connectivity index (χ2v) is 7.78. The Hall–Kier alpha value is -3.12. The Morgan fingerprint density at radius 3 is 2.70 bits per heavy atom. The molecule has 2 heterocycles. The van der Waals surface area contributed by atoms with Crippen LogP contribution in [0, 0.1) is 0 Å². The summed E-state index contributed by atoms with van der Waals surface area (Å²) in [4.78, 5) is 30.5. The number of hydrogen-bond donors (Lipinski definition) is 1. The van der Waals surface area contributed by atoms with Gasteiger partial charge in [0.15, 0.2) is 0 Å². The molecule has 154 valence electrons. The molecule has 1 aromatic heterocycles. The van der Waals surface area contributed by atoms with Crippen LogP contribution in [0.4, 0.5) is 5.69 Å². The van der Waals surface area contributed by atoms with Crippen molar-refractivity contribution in [1.82, 2.24) is 10.3 Å². The minimum Gasteiger partial charge on any atom is -0.427 e. The molecule has 3 aromatic rings. The van der Waals surface area contributed by atoms with E-state index in [-0.39, 0.29) is 11.9 Å². The highest BCUT2D eigenvalue weighted by molar-refractivity contribution is 6.31. The molecule has 0 saturated carbocycles. The van der Waals surface area contributed by atoms with E-state index in [2.05, 4.69) is 15.2 Å². The molecular weight excluding hydrogens is 402 g/mol. The van der Waals surface area contributed by atoms with Crippen LogP contribution in [0.3, 0.4) is 0 Å². The van der Waals surface area contributed by atoms with Crippen LogP contribution >= 0.6 is 11.6 Å². The highest BCUT2D eigenvalue weighted by atomic mass is 35.5. The molecule has 1 fully saturated rings. The maximum Gasteiger partial charge on any atom is 0.308 e. The first-order valence-corrected chi connectivity index (χ1v) is 10.3. The molecule has 1 N–H and O–H groups in total. The van der Waals surface area contributed by atoms with Crippen molar-refractivity contribution in [2.75, 3.05) is 18.0 Å². The highest BCUT2D eigenvalue weighted by Gasteiger charge is 2.22. The summed E-state index contributed by atoms with van der Waals surface area (Å²) >= 11 is 6.09. The zero-order chi connectivity index (χ0) is 21.1. The molecule has 0 bridgehead atoms. The average molecular weight is 424 g/mol. The molecule has 30 heavy (non-hydrogen) atoms. The fourth-order valence-corrected chi connectivity index (χ4v) is 3.95.